The zero-order chi connectivity index (χ0) is 15.9. The maximum Gasteiger partial charge on any atom is 0.387 e. The highest BCUT2D eigenvalue weighted by Crippen LogP contribution is 2.42. The Morgan fingerprint density at radius 3 is 2.86 bits per heavy atom. The summed E-state index contributed by atoms with van der Waals surface area (Å²) in [6.45, 7) is 2.42. The average molecular weight is 323 g/mol. The molecule has 0 aliphatic carbocycles. The lowest BCUT2D eigenvalue weighted by molar-refractivity contribution is -0.154. The number of carbonyl (C=O) groups excluding carboxylic acids is 1. The summed E-state index contributed by atoms with van der Waals surface area (Å²) in [5, 5.41) is 13.1. The van der Waals surface area contributed by atoms with Gasteiger partial charge in [-0.3, -0.25) is 9.48 Å². The van der Waals surface area contributed by atoms with E-state index in [1.807, 2.05) is 6.92 Å². The van der Waals surface area contributed by atoms with E-state index in [4.69, 9.17) is 26.2 Å². The number of carboxylic acids is 1. The van der Waals surface area contributed by atoms with Crippen LogP contribution in [-0.2, 0) is 11.3 Å². The largest absolute Gasteiger partial charge is 0.476 e. The quantitative estimate of drug-likeness (QED) is 0.865. The Morgan fingerprint density at radius 2 is 2.18 bits per heavy atom. The summed E-state index contributed by atoms with van der Waals surface area (Å²) in [6, 6.07) is 4.44. The van der Waals surface area contributed by atoms with E-state index >= 15 is 0 Å². The molecule has 0 radical (unpaired) electrons. The van der Waals surface area contributed by atoms with Gasteiger partial charge in [-0.15, -0.1) is 0 Å². The number of ether oxygens (including phenoxy) is 2. The van der Waals surface area contributed by atoms with Crippen molar-refractivity contribution in [1.29, 1.82) is 0 Å². The molecule has 114 valence electrons. The molecule has 3 rings (SSSR count). The highest BCUT2D eigenvalue weighted by molar-refractivity contribution is 6.33. The summed E-state index contributed by atoms with van der Waals surface area (Å²) < 4.78 is 11.8. The third kappa shape index (κ3) is 2.29. The first-order chi connectivity index (χ1) is 10.5. The number of ketones is 1. The molecule has 1 atom stereocenters. The summed E-state index contributed by atoms with van der Waals surface area (Å²) >= 11 is 6.05. The van der Waals surface area contributed by atoms with Gasteiger partial charge in [0.1, 0.15) is 5.69 Å². The molecule has 2 aromatic rings. The van der Waals surface area contributed by atoms with Crippen LogP contribution in [0.1, 0.15) is 23.0 Å². The van der Waals surface area contributed by atoms with E-state index in [0.29, 0.717) is 12.2 Å². The van der Waals surface area contributed by atoms with Crippen LogP contribution in [0, 0.1) is 0 Å². The molecule has 1 unspecified atom stereocenters. The van der Waals surface area contributed by atoms with Crippen molar-refractivity contribution in [1.82, 2.24) is 9.78 Å². The van der Waals surface area contributed by atoms with Gasteiger partial charge in [-0.2, -0.15) is 5.10 Å². The summed E-state index contributed by atoms with van der Waals surface area (Å²) in [5.74, 6) is -1.31. The van der Waals surface area contributed by atoms with Crippen LogP contribution in [0.5, 0.6) is 11.5 Å². The first-order valence-electron chi connectivity index (χ1n) is 6.47. The fourth-order valence-corrected chi connectivity index (χ4v) is 2.43. The number of aryl methyl sites for hydroxylation is 1. The van der Waals surface area contributed by atoms with Crippen molar-refractivity contribution in [2.24, 2.45) is 0 Å². The number of nitrogens with zero attached hydrogens (tertiary/aromatic N) is 2. The fourth-order valence-electron chi connectivity index (χ4n) is 2.17. The van der Waals surface area contributed by atoms with E-state index in [0.717, 1.165) is 0 Å². The second-order valence-corrected chi connectivity index (χ2v) is 4.96. The van der Waals surface area contributed by atoms with Crippen LogP contribution in [0.3, 0.4) is 0 Å². The Balaban J connectivity index is 1.98. The van der Waals surface area contributed by atoms with Gasteiger partial charge in [-0.25, -0.2) is 4.79 Å². The normalized spacial score (nSPS) is 15.8. The molecule has 0 spiro atoms. The number of halogens is 1. The van der Waals surface area contributed by atoms with Crippen molar-refractivity contribution in [2.75, 3.05) is 0 Å². The number of hydrogen-bond acceptors (Lipinski definition) is 5. The van der Waals surface area contributed by atoms with Gasteiger partial charge >= 0.3 is 12.3 Å². The maximum atomic E-state index is 12.5. The van der Waals surface area contributed by atoms with Crippen molar-refractivity contribution in [2.45, 2.75) is 19.8 Å². The second-order valence-electron chi connectivity index (χ2n) is 4.55. The lowest BCUT2D eigenvalue weighted by atomic mass is 10.1. The molecule has 0 amide bonds. The minimum Gasteiger partial charge on any atom is -0.476 e. The van der Waals surface area contributed by atoms with Gasteiger partial charge < -0.3 is 14.6 Å². The number of fused-ring (bicyclic) bond motifs is 1. The predicted molar refractivity (Wildman–Crippen MR) is 75.5 cm³/mol. The van der Waals surface area contributed by atoms with E-state index < -0.39 is 12.3 Å². The Hall–Kier alpha value is -2.54. The predicted octanol–water partition coefficient (Wildman–Crippen LogP) is 1.97. The molecule has 1 aliphatic rings. The molecular weight excluding hydrogens is 312 g/mol. The summed E-state index contributed by atoms with van der Waals surface area (Å²) in [7, 11) is 0. The standard InChI is InChI=1S/C14H11ClN2O5/c1-2-17-9(3-4-16-17)11(18)7-5-8(15)12-10(6-7)21-14(22-12)13(19)20/h3-6,14H,2H2,1H3,(H,19,20). The van der Waals surface area contributed by atoms with Crippen LogP contribution in [0.4, 0.5) is 0 Å². The number of rotatable bonds is 4. The van der Waals surface area contributed by atoms with Crippen LogP contribution >= 0.6 is 11.6 Å². The zero-order valence-corrected chi connectivity index (χ0v) is 12.2. The monoisotopic (exact) mass is 322 g/mol. The first-order valence-corrected chi connectivity index (χ1v) is 6.85. The molecule has 2 heterocycles. The minimum atomic E-state index is -1.46. The molecule has 1 aliphatic heterocycles. The van der Waals surface area contributed by atoms with Crippen LogP contribution in [0.2, 0.25) is 5.02 Å². The van der Waals surface area contributed by atoms with Crippen LogP contribution in [-0.4, -0.2) is 32.9 Å². The van der Waals surface area contributed by atoms with Crippen LogP contribution in [0.25, 0.3) is 0 Å². The van der Waals surface area contributed by atoms with Gasteiger partial charge in [0.2, 0.25) is 5.78 Å². The third-order valence-electron chi connectivity index (χ3n) is 3.18. The molecule has 8 heteroatoms. The molecule has 0 saturated carbocycles. The van der Waals surface area contributed by atoms with Gasteiger partial charge in [0.15, 0.2) is 11.5 Å². The van der Waals surface area contributed by atoms with E-state index in [1.165, 1.54) is 18.3 Å². The van der Waals surface area contributed by atoms with Gasteiger partial charge in [0.05, 0.1) is 5.02 Å². The maximum absolute atomic E-state index is 12.5. The molecule has 1 aromatic heterocycles. The smallest absolute Gasteiger partial charge is 0.387 e. The Labute approximate surface area is 130 Å². The van der Waals surface area contributed by atoms with E-state index in [1.54, 1.807) is 10.7 Å². The average Bonchev–Trinajstić information content (AvgIpc) is 3.12. The van der Waals surface area contributed by atoms with Gasteiger partial charge in [-0.05, 0) is 25.1 Å². The molecular formula is C14H11ClN2O5. The molecule has 22 heavy (non-hydrogen) atoms. The number of aromatic nitrogens is 2. The summed E-state index contributed by atoms with van der Waals surface area (Å²) in [6.07, 6.45) is 0.0743. The molecule has 1 aromatic carbocycles. The number of carboxylic acid groups (broad SMARTS) is 1. The van der Waals surface area contributed by atoms with Gasteiger partial charge in [0, 0.05) is 18.3 Å². The van der Waals surface area contributed by atoms with E-state index in [2.05, 4.69) is 5.10 Å². The first kappa shape index (κ1) is 14.4. The number of aliphatic carboxylic acids is 1. The Morgan fingerprint density at radius 1 is 1.41 bits per heavy atom. The number of benzene rings is 1. The molecule has 7 nitrogen and oxygen atoms in total. The van der Waals surface area contributed by atoms with Gasteiger partial charge in [-0.1, -0.05) is 11.6 Å². The highest BCUT2D eigenvalue weighted by atomic mass is 35.5. The van der Waals surface area contributed by atoms with Crippen molar-refractivity contribution < 1.29 is 24.2 Å². The topological polar surface area (TPSA) is 90.7 Å². The molecule has 0 fully saturated rings. The summed E-state index contributed by atoms with van der Waals surface area (Å²) in [4.78, 5) is 23.4. The zero-order valence-electron chi connectivity index (χ0n) is 11.4. The van der Waals surface area contributed by atoms with Crippen molar-refractivity contribution in [3.63, 3.8) is 0 Å². The van der Waals surface area contributed by atoms with E-state index in [-0.39, 0.29) is 27.9 Å². The van der Waals surface area contributed by atoms with Crippen molar-refractivity contribution in [3.8, 4) is 11.5 Å². The minimum absolute atomic E-state index is 0.118. The van der Waals surface area contributed by atoms with Gasteiger partial charge in [0.25, 0.3) is 0 Å². The SMILES string of the molecule is CCn1nccc1C(=O)c1cc(Cl)c2c(c1)OC(C(=O)O)O2. The van der Waals surface area contributed by atoms with Crippen molar-refractivity contribution in [3.05, 3.63) is 40.7 Å². The van der Waals surface area contributed by atoms with E-state index in [9.17, 15) is 9.59 Å². The Bertz CT molecular complexity index is 771. The highest BCUT2D eigenvalue weighted by Gasteiger charge is 2.33. The van der Waals surface area contributed by atoms with Crippen molar-refractivity contribution >= 4 is 23.4 Å². The second kappa shape index (κ2) is 5.34. The van der Waals surface area contributed by atoms with Crippen LogP contribution in [0.15, 0.2) is 24.4 Å². The lowest BCUT2D eigenvalue weighted by Crippen LogP contribution is -2.28. The number of hydrogen-bond donors (Lipinski definition) is 1. The summed E-state index contributed by atoms with van der Waals surface area (Å²) in [5.41, 5.74) is 0.681. The molecule has 0 bridgehead atoms. The third-order valence-corrected chi connectivity index (χ3v) is 3.46. The lowest BCUT2D eigenvalue weighted by Gasteiger charge is -2.06. The Kier molecular flexibility index (Phi) is 3.50. The number of carbonyl (C=O) groups is 2. The fraction of sp³-hybridized carbons (Fsp3) is 0.214. The molecule has 1 N–H and O–H groups in total. The molecule has 0 saturated heterocycles. The van der Waals surface area contributed by atoms with Crippen LogP contribution < -0.4 is 9.47 Å².